The zero-order valence-electron chi connectivity index (χ0n) is 8.71. The second-order valence-corrected chi connectivity index (χ2v) is 7.61. The quantitative estimate of drug-likeness (QED) is 0.891. The lowest BCUT2D eigenvalue weighted by molar-refractivity contribution is 0.602. The minimum atomic E-state index is -3.61. The van der Waals surface area contributed by atoms with Gasteiger partial charge >= 0.3 is 0 Å². The predicted molar refractivity (Wildman–Crippen MR) is 70.4 cm³/mol. The number of thiophene rings is 1. The van der Waals surface area contributed by atoms with E-state index in [1.54, 1.807) is 13.1 Å². The topological polar surface area (TPSA) is 90.0 Å². The van der Waals surface area contributed by atoms with Crippen LogP contribution < -0.4 is 10.5 Å². The van der Waals surface area contributed by atoms with Crippen LogP contribution in [0.5, 0.6) is 0 Å². The molecule has 0 bridgehead atoms. The Morgan fingerprint density at radius 1 is 1.53 bits per heavy atom. The van der Waals surface area contributed by atoms with Crippen LogP contribution >= 0.6 is 27.3 Å². The minimum Gasteiger partial charge on any atom is -0.394 e. The number of rotatable bonds is 3. The summed E-state index contributed by atoms with van der Waals surface area (Å²) < 4.78 is 28.7. The lowest BCUT2D eigenvalue weighted by Gasteiger charge is -2.06. The molecule has 92 valence electrons. The van der Waals surface area contributed by atoms with Gasteiger partial charge < -0.3 is 5.73 Å². The summed E-state index contributed by atoms with van der Waals surface area (Å²) in [6.45, 7) is 0. The summed E-state index contributed by atoms with van der Waals surface area (Å²) in [6.07, 6.45) is 1.39. The number of aryl methyl sites for hydroxylation is 1. The zero-order chi connectivity index (χ0) is 12.6. The minimum absolute atomic E-state index is 0.213. The smallest absolute Gasteiger partial charge is 0.272 e. The van der Waals surface area contributed by atoms with Gasteiger partial charge in [-0.3, -0.25) is 9.40 Å². The number of anilines is 2. The standard InChI is InChI=1S/C8H9BrN4O2S2/c1-13-8(5(10)4-11-13)12-17(14,15)7-3-2-6(9)16-7/h2-4,12H,10H2,1H3. The van der Waals surface area contributed by atoms with Crippen molar-refractivity contribution in [3.8, 4) is 0 Å². The summed E-state index contributed by atoms with van der Waals surface area (Å²) in [4.78, 5) is 0. The van der Waals surface area contributed by atoms with Crippen LogP contribution in [0.2, 0.25) is 0 Å². The molecule has 0 aliphatic heterocycles. The van der Waals surface area contributed by atoms with E-state index in [-0.39, 0.29) is 15.7 Å². The summed E-state index contributed by atoms with van der Waals surface area (Å²) >= 11 is 4.34. The van der Waals surface area contributed by atoms with Gasteiger partial charge in [0, 0.05) is 7.05 Å². The molecule has 2 heterocycles. The molecule has 0 aromatic carbocycles. The molecule has 0 aliphatic rings. The average molecular weight is 337 g/mol. The Balaban J connectivity index is 2.36. The van der Waals surface area contributed by atoms with Crippen molar-refractivity contribution in [2.24, 2.45) is 7.05 Å². The maximum atomic E-state index is 12.0. The van der Waals surface area contributed by atoms with Crippen molar-refractivity contribution in [2.45, 2.75) is 4.21 Å². The maximum Gasteiger partial charge on any atom is 0.272 e. The van der Waals surface area contributed by atoms with Crippen LogP contribution in [0.1, 0.15) is 0 Å². The average Bonchev–Trinajstić information content (AvgIpc) is 2.80. The van der Waals surface area contributed by atoms with Crippen LogP contribution in [0.3, 0.4) is 0 Å². The zero-order valence-corrected chi connectivity index (χ0v) is 11.9. The van der Waals surface area contributed by atoms with Crippen molar-refractivity contribution < 1.29 is 8.42 Å². The van der Waals surface area contributed by atoms with E-state index in [1.165, 1.54) is 16.9 Å². The number of nitrogen functional groups attached to an aromatic ring is 1. The molecule has 0 unspecified atom stereocenters. The third-order valence-corrected chi connectivity index (χ3v) is 5.47. The Hall–Kier alpha value is -1.06. The SMILES string of the molecule is Cn1ncc(N)c1NS(=O)(=O)c1ccc(Br)s1. The normalized spacial score (nSPS) is 11.6. The van der Waals surface area contributed by atoms with Crippen LogP contribution in [0.25, 0.3) is 0 Å². The van der Waals surface area contributed by atoms with Crippen LogP contribution in [-0.4, -0.2) is 18.2 Å². The molecule has 6 nitrogen and oxygen atoms in total. The van der Waals surface area contributed by atoms with Crippen molar-refractivity contribution >= 4 is 48.8 Å². The molecular formula is C8H9BrN4O2S2. The number of halogens is 1. The predicted octanol–water partition coefficient (Wildman–Crippen LogP) is 1.63. The van der Waals surface area contributed by atoms with Crippen molar-refractivity contribution in [1.82, 2.24) is 9.78 Å². The number of sulfonamides is 1. The van der Waals surface area contributed by atoms with Crippen LogP contribution in [0.4, 0.5) is 11.5 Å². The molecule has 3 N–H and O–H groups in total. The van der Waals surface area contributed by atoms with E-state index in [2.05, 4.69) is 25.8 Å². The first-order valence-corrected chi connectivity index (χ1v) is 7.55. The highest BCUT2D eigenvalue weighted by Crippen LogP contribution is 2.28. The Morgan fingerprint density at radius 2 is 2.24 bits per heavy atom. The summed E-state index contributed by atoms with van der Waals surface area (Å²) in [5.74, 6) is 0.259. The Kier molecular flexibility index (Phi) is 3.15. The molecule has 17 heavy (non-hydrogen) atoms. The van der Waals surface area contributed by atoms with E-state index < -0.39 is 10.0 Å². The first kappa shape index (κ1) is 12.4. The van der Waals surface area contributed by atoms with E-state index in [0.717, 1.165) is 15.1 Å². The highest BCUT2D eigenvalue weighted by Gasteiger charge is 2.19. The largest absolute Gasteiger partial charge is 0.394 e. The summed E-state index contributed by atoms with van der Waals surface area (Å²) in [6, 6.07) is 3.19. The van der Waals surface area contributed by atoms with Gasteiger partial charge in [0.15, 0.2) is 5.82 Å². The van der Waals surface area contributed by atoms with Crippen LogP contribution in [0.15, 0.2) is 26.3 Å². The molecule has 2 rings (SSSR count). The molecule has 0 atom stereocenters. The Morgan fingerprint density at radius 3 is 2.71 bits per heavy atom. The molecule has 0 saturated carbocycles. The van der Waals surface area contributed by atoms with Gasteiger partial charge in [0.1, 0.15) is 4.21 Å². The van der Waals surface area contributed by atoms with Crippen LogP contribution in [-0.2, 0) is 17.1 Å². The molecule has 0 radical (unpaired) electrons. The molecular weight excluding hydrogens is 328 g/mol. The van der Waals surface area contributed by atoms with Crippen molar-refractivity contribution in [1.29, 1.82) is 0 Å². The number of nitrogens with zero attached hydrogens (tertiary/aromatic N) is 2. The van der Waals surface area contributed by atoms with Gasteiger partial charge in [0.25, 0.3) is 10.0 Å². The number of aromatic nitrogens is 2. The second-order valence-electron chi connectivity index (χ2n) is 3.24. The molecule has 2 aromatic rings. The third-order valence-electron chi connectivity index (χ3n) is 2.01. The van der Waals surface area contributed by atoms with Gasteiger partial charge in [-0.15, -0.1) is 11.3 Å². The number of nitrogens with one attached hydrogen (secondary N) is 1. The third kappa shape index (κ3) is 2.45. The van der Waals surface area contributed by atoms with Gasteiger partial charge in [-0.1, -0.05) is 0 Å². The van der Waals surface area contributed by atoms with Gasteiger partial charge in [-0.2, -0.15) is 5.10 Å². The van der Waals surface area contributed by atoms with Gasteiger partial charge in [0.2, 0.25) is 0 Å². The van der Waals surface area contributed by atoms with E-state index in [9.17, 15) is 8.42 Å². The fourth-order valence-corrected chi connectivity index (χ4v) is 4.33. The van der Waals surface area contributed by atoms with E-state index in [1.807, 2.05) is 0 Å². The number of nitrogens with two attached hydrogens (primary N) is 1. The van der Waals surface area contributed by atoms with Crippen LogP contribution in [0, 0.1) is 0 Å². The number of hydrogen-bond acceptors (Lipinski definition) is 5. The number of hydrogen-bond donors (Lipinski definition) is 2. The molecule has 9 heteroatoms. The van der Waals surface area contributed by atoms with Gasteiger partial charge in [-0.05, 0) is 28.1 Å². The van der Waals surface area contributed by atoms with Crippen molar-refractivity contribution in [2.75, 3.05) is 10.5 Å². The Labute approximate surface area is 111 Å². The summed E-state index contributed by atoms with van der Waals surface area (Å²) in [5, 5.41) is 3.86. The fourth-order valence-electron chi connectivity index (χ4n) is 1.20. The lowest BCUT2D eigenvalue weighted by atomic mass is 10.5. The van der Waals surface area contributed by atoms with E-state index in [4.69, 9.17) is 5.73 Å². The molecule has 0 saturated heterocycles. The maximum absolute atomic E-state index is 12.0. The highest BCUT2D eigenvalue weighted by atomic mass is 79.9. The van der Waals surface area contributed by atoms with Gasteiger partial charge in [0.05, 0.1) is 15.7 Å². The molecule has 0 fully saturated rings. The first-order valence-electron chi connectivity index (χ1n) is 4.46. The first-order chi connectivity index (χ1) is 7.90. The van der Waals surface area contributed by atoms with Crippen molar-refractivity contribution in [3.05, 3.63) is 22.1 Å². The summed E-state index contributed by atoms with van der Waals surface area (Å²) in [7, 11) is -2.00. The Bertz CT molecular complexity index is 627. The summed E-state index contributed by atoms with van der Waals surface area (Å²) in [5.41, 5.74) is 5.90. The van der Waals surface area contributed by atoms with Gasteiger partial charge in [-0.25, -0.2) is 8.42 Å². The fraction of sp³-hybridized carbons (Fsp3) is 0.125. The second kappa shape index (κ2) is 4.31. The molecule has 0 spiro atoms. The highest BCUT2D eigenvalue weighted by molar-refractivity contribution is 9.11. The lowest BCUT2D eigenvalue weighted by Crippen LogP contribution is -2.15. The molecule has 2 aromatic heterocycles. The van der Waals surface area contributed by atoms with Crippen molar-refractivity contribution in [3.63, 3.8) is 0 Å². The van der Waals surface area contributed by atoms with E-state index >= 15 is 0 Å². The monoisotopic (exact) mass is 336 g/mol. The molecule has 0 aliphatic carbocycles. The van der Waals surface area contributed by atoms with E-state index in [0.29, 0.717) is 0 Å². The molecule has 0 amide bonds.